The first-order chi connectivity index (χ1) is 7.24. The molecule has 0 aromatic carbocycles. The third-order valence-corrected chi connectivity index (χ3v) is 3.84. The fraction of sp³-hybridized carbons (Fsp3) is 0.750. The molecule has 0 unspecified atom stereocenters. The van der Waals surface area contributed by atoms with Crippen LogP contribution in [0.15, 0.2) is 11.6 Å². The van der Waals surface area contributed by atoms with E-state index in [0.717, 1.165) is 19.4 Å². The lowest BCUT2D eigenvalue weighted by Gasteiger charge is -2.13. The van der Waals surface area contributed by atoms with E-state index in [1.54, 1.807) is 0 Å². The molecule has 0 saturated carbocycles. The summed E-state index contributed by atoms with van der Waals surface area (Å²) in [5.41, 5.74) is 1.52. The first kappa shape index (κ1) is 12.8. The van der Waals surface area contributed by atoms with E-state index in [1.165, 1.54) is 31.3 Å². The van der Waals surface area contributed by atoms with Crippen LogP contribution in [0, 0.1) is 0 Å². The van der Waals surface area contributed by atoms with Crippen molar-refractivity contribution in [1.82, 2.24) is 5.32 Å². The lowest BCUT2D eigenvalue weighted by molar-refractivity contribution is -0.120. The highest BCUT2D eigenvalue weighted by atomic mass is 79.9. The number of alkyl halides is 1. The molecule has 0 bridgehead atoms. The molecule has 0 aromatic rings. The predicted molar refractivity (Wildman–Crippen MR) is 67.2 cm³/mol. The van der Waals surface area contributed by atoms with Crippen LogP contribution in [0.5, 0.6) is 0 Å². The molecule has 0 fully saturated rings. The van der Waals surface area contributed by atoms with Crippen molar-refractivity contribution in [2.75, 3.05) is 6.54 Å². The summed E-state index contributed by atoms with van der Waals surface area (Å²) in [6, 6.07) is 0. The van der Waals surface area contributed by atoms with Gasteiger partial charge in [0.25, 0.3) is 0 Å². The van der Waals surface area contributed by atoms with E-state index in [2.05, 4.69) is 27.3 Å². The molecule has 1 aliphatic rings. The topological polar surface area (TPSA) is 29.1 Å². The smallest absolute Gasteiger partial charge is 0.233 e. The molecule has 0 spiro atoms. The lowest BCUT2D eigenvalue weighted by atomic mass is 9.97. The number of allylic oxidation sites excluding steroid dienone is 1. The average molecular weight is 274 g/mol. The van der Waals surface area contributed by atoms with Gasteiger partial charge < -0.3 is 5.32 Å². The summed E-state index contributed by atoms with van der Waals surface area (Å²) in [6.45, 7) is 2.79. The Balaban J connectivity index is 2.15. The number of hydrogen-bond acceptors (Lipinski definition) is 1. The molecule has 2 nitrogen and oxygen atoms in total. The summed E-state index contributed by atoms with van der Waals surface area (Å²) in [4.78, 5) is 11.4. The van der Waals surface area contributed by atoms with Crippen molar-refractivity contribution in [2.24, 2.45) is 0 Å². The molecule has 1 rings (SSSR count). The second kappa shape index (κ2) is 7.04. The zero-order valence-electron chi connectivity index (χ0n) is 9.39. The maximum Gasteiger partial charge on any atom is 0.233 e. The van der Waals surface area contributed by atoms with E-state index in [-0.39, 0.29) is 10.7 Å². The Hall–Kier alpha value is -0.310. The third-order valence-electron chi connectivity index (χ3n) is 2.77. The van der Waals surface area contributed by atoms with E-state index in [9.17, 15) is 4.79 Å². The van der Waals surface area contributed by atoms with Gasteiger partial charge in [0, 0.05) is 6.54 Å². The summed E-state index contributed by atoms with van der Waals surface area (Å²) >= 11 is 3.34. The molecule has 86 valence electrons. The molecule has 15 heavy (non-hydrogen) atoms. The summed E-state index contributed by atoms with van der Waals surface area (Å²) in [7, 11) is 0. The summed E-state index contributed by atoms with van der Waals surface area (Å²) in [5.74, 6) is 0.119. The normalized spacial score (nSPS) is 18.1. The molecule has 0 heterocycles. The highest BCUT2D eigenvalue weighted by Gasteiger charge is 2.11. The van der Waals surface area contributed by atoms with Crippen molar-refractivity contribution >= 4 is 21.8 Å². The van der Waals surface area contributed by atoms with Gasteiger partial charge in [0.15, 0.2) is 0 Å². The second-order valence-corrected chi connectivity index (χ2v) is 5.13. The predicted octanol–water partition coefficient (Wildman–Crippen LogP) is 3.17. The minimum absolute atomic E-state index is 0.0298. The number of carbonyl (C=O) groups excluding carboxylic acids is 1. The molecule has 0 aromatic heterocycles. The van der Waals surface area contributed by atoms with Crippen molar-refractivity contribution in [3.63, 3.8) is 0 Å². The largest absolute Gasteiger partial charge is 0.355 e. The third kappa shape index (κ3) is 4.83. The van der Waals surface area contributed by atoms with Crippen molar-refractivity contribution in [3.8, 4) is 0 Å². The Bertz CT molecular complexity index is 238. The molecule has 1 aliphatic carbocycles. The van der Waals surface area contributed by atoms with Crippen LogP contribution < -0.4 is 5.32 Å². The first-order valence-corrected chi connectivity index (χ1v) is 6.75. The van der Waals surface area contributed by atoms with Crippen molar-refractivity contribution in [3.05, 3.63) is 11.6 Å². The summed E-state index contributed by atoms with van der Waals surface area (Å²) in [6.07, 6.45) is 9.29. The van der Waals surface area contributed by atoms with Crippen molar-refractivity contribution < 1.29 is 4.79 Å². The van der Waals surface area contributed by atoms with Crippen LogP contribution in [0.4, 0.5) is 0 Å². The minimum atomic E-state index is -0.0298. The number of halogens is 1. The van der Waals surface area contributed by atoms with Crippen LogP contribution >= 0.6 is 15.9 Å². The number of nitrogens with one attached hydrogen (secondary N) is 1. The summed E-state index contributed by atoms with van der Waals surface area (Å²) < 4.78 is 0. The zero-order chi connectivity index (χ0) is 11.1. The maximum absolute atomic E-state index is 11.4. The molecule has 1 atom stereocenters. The number of amides is 1. The maximum atomic E-state index is 11.4. The Kier molecular flexibility index (Phi) is 5.99. The van der Waals surface area contributed by atoms with Crippen LogP contribution in [-0.4, -0.2) is 17.3 Å². The van der Waals surface area contributed by atoms with E-state index < -0.39 is 0 Å². The molecular formula is C12H20BrNO. The molecule has 3 heteroatoms. The average Bonchev–Trinajstić information content (AvgIpc) is 2.29. The molecular weight excluding hydrogens is 254 g/mol. The minimum Gasteiger partial charge on any atom is -0.355 e. The lowest BCUT2D eigenvalue weighted by Crippen LogP contribution is -2.31. The van der Waals surface area contributed by atoms with Crippen LogP contribution in [0.3, 0.4) is 0 Å². The van der Waals surface area contributed by atoms with Crippen LogP contribution in [0.25, 0.3) is 0 Å². The molecule has 0 aliphatic heterocycles. The fourth-order valence-corrected chi connectivity index (χ4v) is 1.94. The van der Waals surface area contributed by atoms with Gasteiger partial charge in [-0.1, -0.05) is 34.5 Å². The van der Waals surface area contributed by atoms with Gasteiger partial charge in [0.2, 0.25) is 5.91 Å². The van der Waals surface area contributed by atoms with Gasteiger partial charge in [0.05, 0.1) is 4.83 Å². The fourth-order valence-electron chi connectivity index (χ4n) is 1.77. The van der Waals surface area contributed by atoms with Gasteiger partial charge >= 0.3 is 0 Å². The highest BCUT2D eigenvalue weighted by Crippen LogP contribution is 2.19. The number of rotatable bonds is 5. The van der Waals surface area contributed by atoms with Gasteiger partial charge in [-0.3, -0.25) is 4.79 Å². The van der Waals surface area contributed by atoms with Gasteiger partial charge in [-0.2, -0.15) is 0 Å². The monoisotopic (exact) mass is 273 g/mol. The van der Waals surface area contributed by atoms with Gasteiger partial charge in [-0.15, -0.1) is 0 Å². The summed E-state index contributed by atoms with van der Waals surface area (Å²) in [5, 5.41) is 2.95. The quantitative estimate of drug-likeness (QED) is 0.605. The van der Waals surface area contributed by atoms with E-state index >= 15 is 0 Å². The molecule has 1 amide bonds. The SMILES string of the molecule is CC[C@@H](Br)C(=O)NCCC1=CCCCC1. The van der Waals surface area contributed by atoms with Crippen LogP contribution in [0.1, 0.15) is 45.4 Å². The number of carbonyl (C=O) groups is 1. The Morgan fingerprint density at radius 1 is 1.60 bits per heavy atom. The Morgan fingerprint density at radius 2 is 2.40 bits per heavy atom. The zero-order valence-corrected chi connectivity index (χ0v) is 11.0. The second-order valence-electron chi connectivity index (χ2n) is 4.02. The van der Waals surface area contributed by atoms with Gasteiger partial charge in [-0.05, 0) is 38.5 Å². The standard InChI is InChI=1S/C12H20BrNO/c1-2-11(13)12(15)14-9-8-10-6-4-3-5-7-10/h6,11H,2-5,7-9H2,1H3,(H,14,15)/t11-/m1/s1. The Morgan fingerprint density at radius 3 is 3.00 bits per heavy atom. The van der Waals surface area contributed by atoms with E-state index in [1.807, 2.05) is 6.92 Å². The Labute approximate surface area is 101 Å². The van der Waals surface area contributed by atoms with Gasteiger partial charge in [0.1, 0.15) is 0 Å². The van der Waals surface area contributed by atoms with Gasteiger partial charge in [-0.25, -0.2) is 0 Å². The first-order valence-electron chi connectivity index (χ1n) is 5.83. The van der Waals surface area contributed by atoms with E-state index in [4.69, 9.17) is 0 Å². The number of hydrogen-bond donors (Lipinski definition) is 1. The van der Waals surface area contributed by atoms with Crippen molar-refractivity contribution in [2.45, 2.75) is 50.3 Å². The van der Waals surface area contributed by atoms with E-state index in [0.29, 0.717) is 0 Å². The van der Waals surface area contributed by atoms with Crippen molar-refractivity contribution in [1.29, 1.82) is 0 Å². The van der Waals surface area contributed by atoms with Crippen LogP contribution in [-0.2, 0) is 4.79 Å². The molecule has 0 saturated heterocycles. The highest BCUT2D eigenvalue weighted by molar-refractivity contribution is 9.10. The molecule has 1 N–H and O–H groups in total. The molecule has 0 radical (unpaired) electrons. The van der Waals surface area contributed by atoms with Crippen LogP contribution in [0.2, 0.25) is 0 Å².